The van der Waals surface area contributed by atoms with Crippen molar-refractivity contribution in [1.82, 2.24) is 0 Å². The molecular weight excluding hydrogens is 179 g/mol. The van der Waals surface area contributed by atoms with Crippen LogP contribution < -0.4 is 0 Å². The van der Waals surface area contributed by atoms with Gasteiger partial charge in [-0.2, -0.15) is 0 Å². The SMILES string of the molecule is CC1CCCC1C1CCC2[B]C1CCC2. The highest BCUT2D eigenvalue weighted by molar-refractivity contribution is 6.40. The predicted molar refractivity (Wildman–Crippen MR) is 66.3 cm³/mol. The van der Waals surface area contributed by atoms with Crippen LogP contribution >= 0.6 is 0 Å². The lowest BCUT2D eigenvalue weighted by atomic mass is 9.40. The minimum atomic E-state index is 1.01. The summed E-state index contributed by atoms with van der Waals surface area (Å²) < 4.78 is 0. The van der Waals surface area contributed by atoms with Gasteiger partial charge in [-0.05, 0) is 24.2 Å². The summed E-state index contributed by atoms with van der Waals surface area (Å²) in [6.45, 7) is 2.51. The molecule has 5 unspecified atom stereocenters. The van der Waals surface area contributed by atoms with E-state index in [0.717, 1.165) is 29.4 Å². The van der Waals surface area contributed by atoms with Gasteiger partial charge < -0.3 is 0 Å². The van der Waals surface area contributed by atoms with Crippen LogP contribution in [0.4, 0.5) is 0 Å². The quantitative estimate of drug-likeness (QED) is 0.557. The third-order valence-electron chi connectivity index (χ3n) is 5.53. The molecule has 1 heteroatoms. The molecule has 2 aliphatic heterocycles. The van der Waals surface area contributed by atoms with E-state index in [1.807, 2.05) is 0 Å². The van der Waals surface area contributed by atoms with E-state index in [4.69, 9.17) is 0 Å². The standard InChI is InChI=1S/C14H24B/c1-10-4-2-6-12(10)13-9-8-11-5-3-7-14(13)15-11/h10-14H,2-9H2,1H3. The number of rotatable bonds is 1. The van der Waals surface area contributed by atoms with E-state index >= 15 is 0 Å². The maximum absolute atomic E-state index is 2.75. The zero-order valence-corrected chi connectivity index (χ0v) is 10.1. The van der Waals surface area contributed by atoms with E-state index in [1.165, 1.54) is 38.5 Å². The van der Waals surface area contributed by atoms with E-state index in [-0.39, 0.29) is 0 Å². The second-order valence-corrected chi connectivity index (χ2v) is 6.36. The predicted octanol–water partition coefficient (Wildman–Crippen LogP) is 4.30. The van der Waals surface area contributed by atoms with Crippen molar-refractivity contribution in [2.45, 2.75) is 69.9 Å². The summed E-state index contributed by atoms with van der Waals surface area (Å²) in [5.74, 6) is 5.23. The van der Waals surface area contributed by atoms with Crippen molar-refractivity contribution in [3.63, 3.8) is 0 Å². The fraction of sp³-hybridized carbons (Fsp3) is 1.00. The Morgan fingerprint density at radius 1 is 0.800 bits per heavy atom. The normalized spacial score (nSPS) is 50.1. The Morgan fingerprint density at radius 2 is 1.67 bits per heavy atom. The summed E-state index contributed by atoms with van der Waals surface area (Å²) in [5, 5.41) is 0. The molecule has 2 heterocycles. The van der Waals surface area contributed by atoms with Gasteiger partial charge in [0.1, 0.15) is 7.28 Å². The average Bonchev–Trinajstić information content (AvgIpc) is 2.66. The summed E-state index contributed by atoms with van der Waals surface area (Å²) in [4.78, 5) is 0. The number of hydrogen-bond acceptors (Lipinski definition) is 0. The molecule has 0 spiro atoms. The summed E-state index contributed by atoms with van der Waals surface area (Å²) >= 11 is 0. The van der Waals surface area contributed by atoms with Crippen LogP contribution in [0.3, 0.4) is 0 Å². The summed E-state index contributed by atoms with van der Waals surface area (Å²) in [6.07, 6.45) is 12.2. The summed E-state index contributed by atoms with van der Waals surface area (Å²) in [5.41, 5.74) is 0. The van der Waals surface area contributed by atoms with Gasteiger partial charge in [0.2, 0.25) is 0 Å². The van der Waals surface area contributed by atoms with Crippen LogP contribution in [0.5, 0.6) is 0 Å². The van der Waals surface area contributed by atoms with Gasteiger partial charge >= 0.3 is 0 Å². The molecule has 0 aromatic carbocycles. The number of fused-ring (bicyclic) bond motifs is 2. The lowest BCUT2D eigenvalue weighted by Gasteiger charge is -2.43. The van der Waals surface area contributed by atoms with Crippen LogP contribution in [-0.2, 0) is 0 Å². The van der Waals surface area contributed by atoms with E-state index in [2.05, 4.69) is 14.2 Å². The number of hydrogen-bond donors (Lipinski definition) is 0. The van der Waals surface area contributed by atoms with E-state index in [1.54, 1.807) is 12.8 Å². The smallest absolute Gasteiger partial charge is 0.0686 e. The van der Waals surface area contributed by atoms with E-state index in [0.29, 0.717) is 0 Å². The van der Waals surface area contributed by atoms with Crippen molar-refractivity contribution in [2.24, 2.45) is 17.8 Å². The first-order valence-electron chi connectivity index (χ1n) is 7.19. The van der Waals surface area contributed by atoms with Gasteiger partial charge in [0.05, 0.1) is 0 Å². The Morgan fingerprint density at radius 3 is 2.47 bits per heavy atom. The molecule has 3 aliphatic rings. The van der Waals surface area contributed by atoms with Crippen molar-refractivity contribution < 1.29 is 0 Å². The largest absolute Gasteiger partial charge is 0.118 e. The van der Waals surface area contributed by atoms with Gasteiger partial charge in [-0.15, -0.1) is 0 Å². The molecule has 83 valence electrons. The Bertz CT molecular complexity index is 225. The topological polar surface area (TPSA) is 0 Å². The third-order valence-corrected chi connectivity index (χ3v) is 5.53. The first kappa shape index (κ1) is 10.2. The van der Waals surface area contributed by atoms with Gasteiger partial charge in [-0.3, -0.25) is 0 Å². The molecule has 0 aromatic heterocycles. The molecule has 1 radical (unpaired) electrons. The molecular formula is C14H24B. The van der Waals surface area contributed by atoms with E-state index in [9.17, 15) is 0 Å². The van der Waals surface area contributed by atoms with Crippen LogP contribution in [0, 0.1) is 17.8 Å². The molecule has 2 bridgehead atoms. The Balaban J connectivity index is 1.70. The van der Waals surface area contributed by atoms with Crippen LogP contribution in [0.15, 0.2) is 0 Å². The highest BCUT2D eigenvalue weighted by atomic mass is 14.4. The van der Waals surface area contributed by atoms with E-state index < -0.39 is 0 Å². The van der Waals surface area contributed by atoms with Gasteiger partial charge in [-0.25, -0.2) is 0 Å². The minimum Gasteiger partial charge on any atom is -0.0686 e. The first-order valence-corrected chi connectivity index (χ1v) is 7.19. The molecule has 3 rings (SSSR count). The van der Waals surface area contributed by atoms with Crippen LogP contribution in [0.2, 0.25) is 11.6 Å². The Kier molecular flexibility index (Phi) is 2.83. The third kappa shape index (κ3) is 1.87. The zero-order valence-electron chi connectivity index (χ0n) is 10.1. The zero-order chi connectivity index (χ0) is 10.3. The first-order chi connectivity index (χ1) is 7.34. The molecule has 0 N–H and O–H groups in total. The molecule has 2 saturated heterocycles. The summed E-state index contributed by atoms with van der Waals surface area (Å²) in [6, 6.07) is 0. The molecule has 0 nitrogen and oxygen atoms in total. The van der Waals surface area contributed by atoms with Gasteiger partial charge in [0, 0.05) is 0 Å². The fourth-order valence-electron chi connectivity index (χ4n) is 4.72. The highest BCUT2D eigenvalue weighted by Gasteiger charge is 2.40. The summed E-state index contributed by atoms with van der Waals surface area (Å²) in [7, 11) is 2.75. The van der Waals surface area contributed by atoms with Crippen LogP contribution in [0.25, 0.3) is 0 Å². The maximum Gasteiger partial charge on any atom is 0.118 e. The van der Waals surface area contributed by atoms with Crippen LogP contribution in [0.1, 0.15) is 58.3 Å². The van der Waals surface area contributed by atoms with Crippen molar-refractivity contribution in [3.05, 3.63) is 0 Å². The van der Waals surface area contributed by atoms with Gasteiger partial charge in [0.25, 0.3) is 0 Å². The Labute approximate surface area is 95.5 Å². The monoisotopic (exact) mass is 203 g/mol. The molecule has 0 amide bonds. The highest BCUT2D eigenvalue weighted by Crippen LogP contribution is 2.52. The van der Waals surface area contributed by atoms with Crippen LogP contribution in [-0.4, -0.2) is 7.28 Å². The van der Waals surface area contributed by atoms with Crippen molar-refractivity contribution in [3.8, 4) is 0 Å². The Hall–Kier alpha value is 0.0649. The maximum atomic E-state index is 2.75. The molecule has 0 aromatic rings. The fourth-order valence-corrected chi connectivity index (χ4v) is 4.72. The minimum absolute atomic E-state index is 1.01. The molecule has 1 saturated carbocycles. The van der Waals surface area contributed by atoms with Crippen molar-refractivity contribution in [1.29, 1.82) is 0 Å². The molecule has 3 fully saturated rings. The van der Waals surface area contributed by atoms with Crippen molar-refractivity contribution >= 4 is 7.28 Å². The lowest BCUT2D eigenvalue weighted by molar-refractivity contribution is 0.209. The molecule has 5 atom stereocenters. The molecule has 1 aliphatic carbocycles. The second kappa shape index (κ2) is 4.15. The van der Waals surface area contributed by atoms with Gasteiger partial charge in [-0.1, -0.05) is 63.5 Å². The lowest BCUT2D eigenvalue weighted by Crippen LogP contribution is -2.34. The van der Waals surface area contributed by atoms with Gasteiger partial charge in [0.15, 0.2) is 0 Å². The second-order valence-electron chi connectivity index (χ2n) is 6.36. The average molecular weight is 203 g/mol. The molecule has 15 heavy (non-hydrogen) atoms. The van der Waals surface area contributed by atoms with Crippen molar-refractivity contribution in [2.75, 3.05) is 0 Å².